The van der Waals surface area contributed by atoms with Crippen molar-refractivity contribution in [3.05, 3.63) is 52.3 Å². The van der Waals surface area contributed by atoms with E-state index in [1.807, 2.05) is 6.92 Å². The predicted octanol–water partition coefficient (Wildman–Crippen LogP) is 1.54. The number of ether oxygens (including phenoxy) is 2. The van der Waals surface area contributed by atoms with Gasteiger partial charge in [-0.15, -0.1) is 0 Å². The van der Waals surface area contributed by atoms with Crippen LogP contribution in [0.1, 0.15) is 5.56 Å². The quantitative estimate of drug-likeness (QED) is 0.228. The second-order valence-electron chi connectivity index (χ2n) is 5.49. The normalized spacial score (nSPS) is 11.6. The van der Waals surface area contributed by atoms with Gasteiger partial charge in [0.2, 0.25) is 0 Å². The minimum Gasteiger partial charge on any atom is -0.390 e. The summed E-state index contributed by atoms with van der Waals surface area (Å²) in [6, 6.07) is 6.37. The van der Waals surface area contributed by atoms with Crippen molar-refractivity contribution in [3.8, 4) is 0 Å². The van der Waals surface area contributed by atoms with E-state index in [4.69, 9.17) is 13.7 Å². The van der Waals surface area contributed by atoms with E-state index in [-0.39, 0.29) is 43.9 Å². The molecule has 0 unspecified atom stereocenters. The number of nitrogens with zero attached hydrogens (tertiary/aromatic N) is 3. The molecule has 0 aliphatic rings. The highest BCUT2D eigenvalue weighted by Crippen LogP contribution is 2.13. The van der Waals surface area contributed by atoms with E-state index in [1.54, 1.807) is 12.1 Å². The van der Waals surface area contributed by atoms with Gasteiger partial charge in [-0.25, -0.2) is 4.57 Å². The lowest BCUT2D eigenvalue weighted by Crippen LogP contribution is -2.14. The second-order valence-corrected chi connectivity index (χ2v) is 7.11. The Morgan fingerprint density at radius 1 is 1.07 bits per heavy atom. The van der Waals surface area contributed by atoms with E-state index in [2.05, 4.69) is 4.98 Å². The number of hydrogen-bond acceptors (Lipinski definition) is 8. The van der Waals surface area contributed by atoms with Crippen LogP contribution in [0.25, 0.3) is 0 Å². The van der Waals surface area contributed by atoms with Crippen LogP contribution in [-0.4, -0.2) is 55.9 Å². The van der Waals surface area contributed by atoms with E-state index in [1.165, 1.54) is 29.1 Å². The monoisotopic (exact) mass is 399 g/mol. The maximum Gasteiger partial charge on any atom is 0.434 e. The first-order valence-corrected chi connectivity index (χ1v) is 9.58. The molecule has 0 spiro atoms. The third-order valence-electron chi connectivity index (χ3n) is 3.48. The Bertz CT molecular complexity index is 834. The summed E-state index contributed by atoms with van der Waals surface area (Å²) < 4.78 is 40.7. The fraction of sp³-hybridized carbons (Fsp3) is 0.438. The van der Waals surface area contributed by atoms with Crippen LogP contribution < -0.4 is 0 Å². The lowest BCUT2D eigenvalue weighted by atomic mass is 10.2. The molecule has 0 amide bonds. The molecule has 2 aromatic rings. The maximum atomic E-state index is 11.9. The van der Waals surface area contributed by atoms with Gasteiger partial charge in [0.25, 0.3) is 10.1 Å². The summed E-state index contributed by atoms with van der Waals surface area (Å²) in [6.45, 7) is 2.95. The van der Waals surface area contributed by atoms with Crippen LogP contribution in [0, 0.1) is 17.0 Å². The number of benzene rings is 1. The van der Waals surface area contributed by atoms with Crippen molar-refractivity contribution in [1.29, 1.82) is 0 Å². The van der Waals surface area contributed by atoms with Crippen LogP contribution in [0.3, 0.4) is 0 Å². The number of hydrogen-bond donors (Lipinski definition) is 0. The smallest absolute Gasteiger partial charge is 0.390 e. The fourth-order valence-corrected chi connectivity index (χ4v) is 3.00. The third-order valence-corrected chi connectivity index (χ3v) is 4.81. The summed E-state index contributed by atoms with van der Waals surface area (Å²) in [4.78, 5) is 13.9. The summed E-state index contributed by atoms with van der Waals surface area (Å²) >= 11 is 0. The molecule has 2 rings (SSSR count). The van der Waals surface area contributed by atoms with E-state index < -0.39 is 15.0 Å². The van der Waals surface area contributed by atoms with Gasteiger partial charge in [0.05, 0.1) is 44.5 Å². The topological polar surface area (TPSA) is 123 Å². The molecule has 1 heterocycles. The Balaban J connectivity index is 1.55. The molecule has 0 aliphatic carbocycles. The molecule has 1 aromatic carbocycles. The highest BCUT2D eigenvalue weighted by Gasteiger charge is 2.14. The number of rotatable bonds is 12. The van der Waals surface area contributed by atoms with Gasteiger partial charge in [-0.3, -0.25) is 4.18 Å². The number of nitro groups is 1. The van der Waals surface area contributed by atoms with Crippen molar-refractivity contribution in [2.75, 3.05) is 33.0 Å². The Morgan fingerprint density at radius 2 is 1.70 bits per heavy atom. The van der Waals surface area contributed by atoms with E-state index in [0.717, 1.165) is 5.56 Å². The zero-order chi connectivity index (χ0) is 19.7. The molecular weight excluding hydrogens is 378 g/mol. The lowest BCUT2D eigenvalue weighted by molar-refractivity contribution is -0.396. The van der Waals surface area contributed by atoms with Crippen molar-refractivity contribution in [3.63, 3.8) is 0 Å². The first-order chi connectivity index (χ1) is 12.9. The summed E-state index contributed by atoms with van der Waals surface area (Å²) in [6.07, 6.45) is 2.86. The zero-order valence-electron chi connectivity index (χ0n) is 14.8. The summed E-state index contributed by atoms with van der Waals surface area (Å²) in [5.74, 6) is -0.234. The maximum absolute atomic E-state index is 11.9. The van der Waals surface area contributed by atoms with Gasteiger partial charge in [-0.2, -0.15) is 8.42 Å². The molecule has 0 saturated carbocycles. The summed E-state index contributed by atoms with van der Waals surface area (Å²) in [7, 11) is -3.79. The second kappa shape index (κ2) is 10.1. The molecular formula is C16H21N3O7S. The molecule has 0 aliphatic heterocycles. The number of aryl methyl sites for hydroxylation is 1. The first-order valence-electron chi connectivity index (χ1n) is 8.17. The molecule has 27 heavy (non-hydrogen) atoms. The van der Waals surface area contributed by atoms with Crippen LogP contribution in [0.5, 0.6) is 0 Å². The molecule has 10 nitrogen and oxygen atoms in total. The SMILES string of the molecule is Cc1ccc(S(=O)(=O)OCCOCCOCCn2ccnc2[N+](=O)[O-])cc1. The van der Waals surface area contributed by atoms with Crippen LogP contribution in [-0.2, 0) is 30.3 Å². The van der Waals surface area contributed by atoms with Gasteiger partial charge < -0.3 is 19.6 Å². The van der Waals surface area contributed by atoms with Crippen molar-refractivity contribution in [2.45, 2.75) is 18.4 Å². The molecule has 0 bridgehead atoms. The summed E-state index contributed by atoms with van der Waals surface area (Å²) in [5.41, 5.74) is 0.958. The fourth-order valence-electron chi connectivity index (χ4n) is 2.11. The Labute approximate surface area is 157 Å². The van der Waals surface area contributed by atoms with E-state index >= 15 is 0 Å². The number of aromatic nitrogens is 2. The Hall–Kier alpha value is -2.34. The van der Waals surface area contributed by atoms with Gasteiger partial charge in [-0.1, -0.05) is 22.7 Å². The minimum absolute atomic E-state index is 0.0987. The van der Waals surface area contributed by atoms with Crippen molar-refractivity contribution < 1.29 is 27.0 Å². The highest BCUT2D eigenvalue weighted by atomic mass is 32.2. The molecule has 11 heteroatoms. The average molecular weight is 399 g/mol. The van der Waals surface area contributed by atoms with Gasteiger partial charge in [0.15, 0.2) is 0 Å². The highest BCUT2D eigenvalue weighted by molar-refractivity contribution is 7.86. The molecule has 1 aromatic heterocycles. The summed E-state index contributed by atoms with van der Waals surface area (Å²) in [5, 5.41) is 10.7. The lowest BCUT2D eigenvalue weighted by Gasteiger charge is -2.07. The predicted molar refractivity (Wildman–Crippen MR) is 94.8 cm³/mol. The van der Waals surface area contributed by atoms with Crippen LogP contribution in [0.2, 0.25) is 0 Å². The van der Waals surface area contributed by atoms with Gasteiger partial charge in [0.1, 0.15) is 12.4 Å². The Kier molecular flexibility index (Phi) is 7.85. The molecule has 0 fully saturated rings. The standard InChI is InChI=1S/C16H21N3O7S/c1-14-2-4-15(5-3-14)27(22,23)26-13-12-25-11-10-24-9-8-18-7-6-17-16(18)19(20)21/h2-7H,8-13H2,1H3. The first kappa shape index (κ1) is 21.0. The van der Waals surface area contributed by atoms with E-state index in [9.17, 15) is 18.5 Å². The number of imidazole rings is 1. The molecule has 0 N–H and O–H groups in total. The van der Waals surface area contributed by atoms with Gasteiger partial charge >= 0.3 is 5.95 Å². The van der Waals surface area contributed by atoms with Crippen molar-refractivity contribution >= 4 is 16.1 Å². The Morgan fingerprint density at radius 3 is 2.37 bits per heavy atom. The molecule has 0 saturated heterocycles. The largest absolute Gasteiger partial charge is 0.434 e. The average Bonchev–Trinajstić information content (AvgIpc) is 3.09. The van der Waals surface area contributed by atoms with Crippen molar-refractivity contribution in [1.82, 2.24) is 9.55 Å². The third kappa shape index (κ3) is 6.71. The molecule has 0 radical (unpaired) electrons. The van der Waals surface area contributed by atoms with Gasteiger partial charge in [-0.05, 0) is 24.0 Å². The van der Waals surface area contributed by atoms with Gasteiger partial charge in [0, 0.05) is 0 Å². The molecule has 0 atom stereocenters. The van der Waals surface area contributed by atoms with Crippen molar-refractivity contribution in [2.24, 2.45) is 0 Å². The van der Waals surface area contributed by atoms with Crippen LogP contribution in [0.4, 0.5) is 5.95 Å². The zero-order valence-corrected chi connectivity index (χ0v) is 15.6. The minimum atomic E-state index is -3.79. The van der Waals surface area contributed by atoms with Crippen LogP contribution >= 0.6 is 0 Å². The van der Waals surface area contributed by atoms with E-state index in [0.29, 0.717) is 6.54 Å². The van der Waals surface area contributed by atoms with Crippen LogP contribution in [0.15, 0.2) is 41.6 Å². The molecule has 148 valence electrons.